The zero-order valence-electron chi connectivity index (χ0n) is 25.1. The Kier molecular flexibility index (Phi) is 21.6. The van der Waals surface area contributed by atoms with Crippen LogP contribution < -0.4 is 0 Å². The third-order valence-electron chi connectivity index (χ3n) is 7.18. The molecule has 0 saturated carbocycles. The van der Waals surface area contributed by atoms with Gasteiger partial charge in [0.25, 0.3) is 0 Å². The topological polar surface area (TPSA) is 53.4 Å². The van der Waals surface area contributed by atoms with Crippen molar-refractivity contribution in [3.05, 3.63) is 64.9 Å². The molecular formula is C34H55ClN2O2. The molecule has 0 saturated heterocycles. The number of carbonyl (C=O) groups is 1. The third kappa shape index (κ3) is 19.7. The first-order valence-electron chi connectivity index (χ1n) is 15.5. The summed E-state index contributed by atoms with van der Waals surface area (Å²) in [6.45, 7) is 3.30. The van der Waals surface area contributed by atoms with Gasteiger partial charge in [-0.25, -0.2) is 0 Å². The highest BCUT2D eigenvalue weighted by Crippen LogP contribution is 2.27. The van der Waals surface area contributed by atoms with Crippen LogP contribution >= 0.6 is 11.6 Å². The minimum Gasteiger partial charge on any atom is -0.481 e. The first-order chi connectivity index (χ1) is 18.9. The van der Waals surface area contributed by atoms with Gasteiger partial charge in [-0.3, -0.25) is 9.78 Å². The van der Waals surface area contributed by atoms with E-state index in [-0.39, 0.29) is 0 Å². The first-order valence-corrected chi connectivity index (χ1v) is 15.8. The van der Waals surface area contributed by atoms with E-state index in [1.54, 1.807) is 0 Å². The van der Waals surface area contributed by atoms with Crippen LogP contribution in [0.1, 0.15) is 133 Å². The molecule has 0 aliphatic rings. The van der Waals surface area contributed by atoms with Crippen LogP contribution in [0.2, 0.25) is 5.02 Å². The van der Waals surface area contributed by atoms with E-state index in [9.17, 15) is 4.79 Å². The monoisotopic (exact) mass is 558 g/mol. The maximum atomic E-state index is 10.3. The maximum absolute atomic E-state index is 10.3. The summed E-state index contributed by atoms with van der Waals surface area (Å²) in [6.07, 6.45) is 23.1. The average molecular weight is 559 g/mol. The lowest BCUT2D eigenvalue weighted by Crippen LogP contribution is -2.17. The highest BCUT2D eigenvalue weighted by molar-refractivity contribution is 6.30. The van der Waals surface area contributed by atoms with Gasteiger partial charge in [0, 0.05) is 29.3 Å². The Morgan fingerprint density at radius 3 is 1.74 bits per heavy atom. The van der Waals surface area contributed by atoms with Crippen LogP contribution in [0.25, 0.3) is 0 Å². The molecule has 0 bridgehead atoms. The van der Waals surface area contributed by atoms with E-state index in [1.165, 1.54) is 89.0 Å². The Morgan fingerprint density at radius 2 is 1.31 bits per heavy atom. The first kappa shape index (κ1) is 35.1. The van der Waals surface area contributed by atoms with Crippen LogP contribution in [0, 0.1) is 0 Å². The molecule has 2 rings (SSSR count). The molecule has 0 aliphatic heterocycles. The van der Waals surface area contributed by atoms with Gasteiger partial charge in [0.05, 0.1) is 0 Å². The van der Waals surface area contributed by atoms with Crippen molar-refractivity contribution >= 4 is 17.6 Å². The quantitative estimate of drug-likeness (QED) is 0.155. The summed E-state index contributed by atoms with van der Waals surface area (Å²) in [7, 11) is 4.19. The largest absolute Gasteiger partial charge is 0.481 e. The summed E-state index contributed by atoms with van der Waals surface area (Å²) in [4.78, 5) is 17.0. The lowest BCUT2D eigenvalue weighted by Gasteiger charge is -2.19. The van der Waals surface area contributed by atoms with Gasteiger partial charge < -0.3 is 10.0 Å². The van der Waals surface area contributed by atoms with Gasteiger partial charge in [-0.1, -0.05) is 127 Å². The normalized spacial score (nSPS) is 11.7. The SMILES string of the molecule is CCCCCCCCCCCCCCCCCC(=O)O.CN(C)CCC(c1ccc(Cl)cc1)c1ccccn1. The number of unbranched alkanes of at least 4 members (excludes halogenated alkanes) is 14. The van der Waals surface area contributed by atoms with Crippen molar-refractivity contribution in [2.24, 2.45) is 0 Å². The van der Waals surface area contributed by atoms with Gasteiger partial charge in [0.1, 0.15) is 0 Å². The number of pyridine rings is 1. The van der Waals surface area contributed by atoms with Crippen molar-refractivity contribution in [1.29, 1.82) is 0 Å². The second kappa shape index (κ2) is 23.9. The lowest BCUT2D eigenvalue weighted by atomic mass is 9.92. The number of aromatic nitrogens is 1. The predicted molar refractivity (Wildman–Crippen MR) is 168 cm³/mol. The number of hydrogen-bond donors (Lipinski definition) is 1. The Bertz CT molecular complexity index is 827. The average Bonchev–Trinajstić information content (AvgIpc) is 2.92. The van der Waals surface area contributed by atoms with E-state index in [1.807, 2.05) is 30.5 Å². The number of rotatable bonds is 21. The number of carboxylic acids is 1. The molecular weight excluding hydrogens is 504 g/mol. The molecule has 0 amide bonds. The van der Waals surface area contributed by atoms with Crippen molar-refractivity contribution in [2.45, 2.75) is 122 Å². The molecule has 5 heteroatoms. The highest BCUT2D eigenvalue weighted by Gasteiger charge is 2.15. The minimum atomic E-state index is -0.653. The minimum absolute atomic E-state index is 0.320. The third-order valence-corrected chi connectivity index (χ3v) is 7.43. The van der Waals surface area contributed by atoms with E-state index in [0.717, 1.165) is 36.5 Å². The molecule has 1 N–H and O–H groups in total. The molecule has 1 unspecified atom stereocenters. The van der Waals surface area contributed by atoms with Gasteiger partial charge in [-0.2, -0.15) is 0 Å². The molecule has 39 heavy (non-hydrogen) atoms. The van der Waals surface area contributed by atoms with E-state index >= 15 is 0 Å². The van der Waals surface area contributed by atoms with Gasteiger partial charge in [-0.15, -0.1) is 0 Å². The molecule has 0 aliphatic carbocycles. The fourth-order valence-corrected chi connectivity index (χ4v) is 4.92. The molecule has 1 aromatic heterocycles. The van der Waals surface area contributed by atoms with E-state index in [0.29, 0.717) is 12.3 Å². The molecule has 1 atom stereocenters. The summed E-state index contributed by atoms with van der Waals surface area (Å²) in [5, 5.41) is 9.29. The van der Waals surface area contributed by atoms with Crippen molar-refractivity contribution in [3.8, 4) is 0 Å². The second-order valence-electron chi connectivity index (χ2n) is 11.0. The molecule has 1 heterocycles. The molecule has 0 radical (unpaired) electrons. The summed E-state index contributed by atoms with van der Waals surface area (Å²) >= 11 is 5.97. The standard InChI is InChI=1S/C18H36O2.C16H19ClN2/c1-2-3-4-5-6-7-8-9-10-11-12-13-14-15-16-17-18(19)20;1-19(2)12-10-15(16-5-3-4-11-18-16)13-6-8-14(17)9-7-13/h2-17H2,1H3,(H,19,20);3-9,11,15H,10,12H2,1-2H3. The number of carboxylic acid groups (broad SMARTS) is 1. The number of aliphatic carboxylic acids is 1. The second-order valence-corrected chi connectivity index (χ2v) is 11.5. The van der Waals surface area contributed by atoms with Gasteiger partial charge >= 0.3 is 5.97 Å². The molecule has 4 nitrogen and oxygen atoms in total. The van der Waals surface area contributed by atoms with Crippen molar-refractivity contribution in [1.82, 2.24) is 9.88 Å². The molecule has 220 valence electrons. The summed E-state index contributed by atoms with van der Waals surface area (Å²) in [5.74, 6) is -0.333. The van der Waals surface area contributed by atoms with Crippen LogP contribution in [-0.2, 0) is 4.79 Å². The fourth-order valence-electron chi connectivity index (χ4n) is 4.80. The van der Waals surface area contributed by atoms with Crippen molar-refractivity contribution in [3.63, 3.8) is 0 Å². The van der Waals surface area contributed by atoms with Gasteiger partial charge in [0.15, 0.2) is 0 Å². The number of nitrogens with zero attached hydrogens (tertiary/aromatic N) is 2. The van der Waals surface area contributed by atoms with Crippen LogP contribution in [0.4, 0.5) is 0 Å². The summed E-state index contributed by atoms with van der Waals surface area (Å²) < 4.78 is 0. The van der Waals surface area contributed by atoms with Crippen LogP contribution in [0.5, 0.6) is 0 Å². The maximum Gasteiger partial charge on any atom is 0.303 e. The van der Waals surface area contributed by atoms with E-state index in [2.05, 4.69) is 49.1 Å². The molecule has 1 aromatic carbocycles. The Balaban J connectivity index is 0.000000390. The predicted octanol–water partition coefficient (Wildman–Crippen LogP) is 10.2. The Morgan fingerprint density at radius 1 is 0.795 bits per heavy atom. The number of hydrogen-bond acceptors (Lipinski definition) is 3. The molecule has 0 fully saturated rings. The smallest absolute Gasteiger partial charge is 0.303 e. The fraction of sp³-hybridized carbons (Fsp3) is 0.647. The van der Waals surface area contributed by atoms with Gasteiger partial charge in [0.2, 0.25) is 0 Å². The van der Waals surface area contributed by atoms with Crippen molar-refractivity contribution in [2.75, 3.05) is 20.6 Å². The number of halogens is 1. The van der Waals surface area contributed by atoms with Gasteiger partial charge in [-0.05, 0) is 63.3 Å². The Labute approximate surface area is 244 Å². The number of benzene rings is 1. The highest BCUT2D eigenvalue weighted by atomic mass is 35.5. The van der Waals surface area contributed by atoms with E-state index < -0.39 is 5.97 Å². The van der Waals surface area contributed by atoms with Crippen LogP contribution in [-0.4, -0.2) is 41.6 Å². The van der Waals surface area contributed by atoms with E-state index in [4.69, 9.17) is 16.7 Å². The molecule has 0 spiro atoms. The zero-order valence-corrected chi connectivity index (χ0v) is 25.8. The zero-order chi connectivity index (χ0) is 28.6. The lowest BCUT2D eigenvalue weighted by molar-refractivity contribution is -0.137. The van der Waals surface area contributed by atoms with Crippen LogP contribution in [0.15, 0.2) is 48.7 Å². The Hall–Kier alpha value is -1.91. The van der Waals surface area contributed by atoms with Crippen LogP contribution in [0.3, 0.4) is 0 Å². The molecule has 2 aromatic rings. The summed E-state index contributed by atoms with van der Waals surface area (Å²) in [6, 6.07) is 14.2. The summed E-state index contributed by atoms with van der Waals surface area (Å²) in [5.41, 5.74) is 2.39. The van der Waals surface area contributed by atoms with Crippen molar-refractivity contribution < 1.29 is 9.90 Å².